The van der Waals surface area contributed by atoms with E-state index >= 15 is 0 Å². The Bertz CT molecular complexity index is 582. The van der Waals surface area contributed by atoms with Crippen LogP contribution >= 0.6 is 11.6 Å². The highest BCUT2D eigenvalue weighted by Gasteiger charge is 2.15. The Morgan fingerprint density at radius 2 is 2.32 bits per heavy atom. The number of rotatable bonds is 4. The first-order valence-corrected chi connectivity index (χ1v) is 6.45. The number of halogens is 1. The molecule has 1 amide bonds. The molecule has 0 radical (unpaired) electrons. The number of carbonyl (C=O) groups is 1. The van der Waals surface area contributed by atoms with Gasteiger partial charge in [0, 0.05) is 18.5 Å². The molecule has 0 bridgehead atoms. The van der Waals surface area contributed by atoms with E-state index in [0.717, 1.165) is 5.56 Å². The molecule has 0 aliphatic carbocycles. The molecule has 1 unspecified atom stereocenters. The molecule has 6 heteroatoms. The number of nitrogens with zero attached hydrogens (tertiary/aromatic N) is 3. The van der Waals surface area contributed by atoms with Crippen LogP contribution in [0.1, 0.15) is 34.7 Å². The Morgan fingerprint density at radius 3 is 2.95 bits per heavy atom. The zero-order chi connectivity index (χ0) is 13.8. The summed E-state index contributed by atoms with van der Waals surface area (Å²) in [4.78, 5) is 12.1. The van der Waals surface area contributed by atoms with Crippen molar-refractivity contribution in [3.63, 3.8) is 0 Å². The fourth-order valence-corrected chi connectivity index (χ4v) is 1.99. The van der Waals surface area contributed by atoms with E-state index in [9.17, 15) is 4.79 Å². The summed E-state index contributed by atoms with van der Waals surface area (Å²) >= 11 is 5.76. The zero-order valence-corrected chi connectivity index (χ0v) is 11.6. The van der Waals surface area contributed by atoms with Gasteiger partial charge in [0.1, 0.15) is 6.33 Å². The van der Waals surface area contributed by atoms with Crippen LogP contribution in [0.2, 0.25) is 0 Å². The third-order valence-electron chi connectivity index (χ3n) is 2.82. The second-order valence-corrected chi connectivity index (χ2v) is 4.60. The summed E-state index contributed by atoms with van der Waals surface area (Å²) in [6, 6.07) is 7.04. The van der Waals surface area contributed by atoms with Crippen molar-refractivity contribution in [1.29, 1.82) is 0 Å². The third kappa shape index (κ3) is 3.12. The highest BCUT2D eigenvalue weighted by Crippen LogP contribution is 2.11. The van der Waals surface area contributed by atoms with Gasteiger partial charge in [-0.2, -0.15) is 0 Å². The first-order chi connectivity index (χ1) is 9.11. The largest absolute Gasteiger partial charge is 0.342 e. The topological polar surface area (TPSA) is 59.8 Å². The van der Waals surface area contributed by atoms with Gasteiger partial charge in [0.25, 0.3) is 5.91 Å². The molecule has 1 aromatic heterocycles. The molecule has 1 heterocycles. The second-order valence-electron chi connectivity index (χ2n) is 4.33. The summed E-state index contributed by atoms with van der Waals surface area (Å²) < 4.78 is 1.78. The van der Waals surface area contributed by atoms with E-state index in [1.165, 1.54) is 0 Å². The van der Waals surface area contributed by atoms with Gasteiger partial charge in [-0.15, -0.1) is 21.8 Å². The zero-order valence-electron chi connectivity index (χ0n) is 10.8. The van der Waals surface area contributed by atoms with E-state index in [1.807, 2.05) is 26.1 Å². The lowest BCUT2D eigenvalue weighted by Gasteiger charge is -2.13. The summed E-state index contributed by atoms with van der Waals surface area (Å²) in [5.74, 6) is 0.948. The molecule has 1 aromatic carbocycles. The average molecular weight is 279 g/mol. The van der Waals surface area contributed by atoms with Crippen molar-refractivity contribution in [2.45, 2.75) is 18.8 Å². The van der Waals surface area contributed by atoms with Crippen molar-refractivity contribution in [3.05, 3.63) is 47.5 Å². The number of amides is 1. The maximum Gasteiger partial charge on any atom is 0.251 e. The maximum absolute atomic E-state index is 12.1. The van der Waals surface area contributed by atoms with Crippen LogP contribution in [0.15, 0.2) is 30.6 Å². The monoisotopic (exact) mass is 278 g/mol. The Kier molecular flexibility index (Phi) is 4.16. The molecule has 0 aliphatic rings. The predicted octanol–water partition coefficient (Wildman–Crippen LogP) is 2.04. The minimum absolute atomic E-state index is 0.150. The minimum atomic E-state index is -0.209. The summed E-state index contributed by atoms with van der Waals surface area (Å²) in [5.41, 5.74) is 1.51. The van der Waals surface area contributed by atoms with Crippen molar-refractivity contribution in [2.75, 3.05) is 0 Å². The van der Waals surface area contributed by atoms with Gasteiger partial charge in [-0.1, -0.05) is 12.1 Å². The van der Waals surface area contributed by atoms with Crippen LogP contribution in [0.5, 0.6) is 0 Å². The quantitative estimate of drug-likeness (QED) is 0.871. The van der Waals surface area contributed by atoms with E-state index in [1.54, 1.807) is 23.0 Å². The van der Waals surface area contributed by atoms with Crippen molar-refractivity contribution in [3.8, 4) is 0 Å². The normalized spacial score (nSPS) is 12.2. The molecule has 2 aromatic rings. The van der Waals surface area contributed by atoms with Gasteiger partial charge in [-0.3, -0.25) is 4.79 Å². The van der Waals surface area contributed by atoms with Gasteiger partial charge in [-0.05, 0) is 24.6 Å². The molecule has 0 spiro atoms. The predicted molar refractivity (Wildman–Crippen MR) is 72.9 cm³/mol. The molecule has 100 valence electrons. The SMILES string of the molecule is CC(NC(=O)c1cccc(CCl)c1)c1nncn1C. The number of aromatic nitrogens is 3. The summed E-state index contributed by atoms with van der Waals surface area (Å²) in [7, 11) is 1.84. The smallest absolute Gasteiger partial charge is 0.251 e. The molecule has 1 atom stereocenters. The van der Waals surface area contributed by atoms with Gasteiger partial charge < -0.3 is 9.88 Å². The van der Waals surface area contributed by atoms with Gasteiger partial charge in [0.2, 0.25) is 0 Å². The lowest BCUT2D eigenvalue weighted by Crippen LogP contribution is -2.28. The molecule has 5 nitrogen and oxygen atoms in total. The fraction of sp³-hybridized carbons (Fsp3) is 0.308. The number of aryl methyl sites for hydroxylation is 1. The number of benzene rings is 1. The number of nitrogens with one attached hydrogen (secondary N) is 1. The number of alkyl halides is 1. The van der Waals surface area contributed by atoms with Crippen LogP contribution in [-0.2, 0) is 12.9 Å². The van der Waals surface area contributed by atoms with Crippen molar-refractivity contribution in [1.82, 2.24) is 20.1 Å². The van der Waals surface area contributed by atoms with Crippen LogP contribution in [0.3, 0.4) is 0 Å². The molecular weight excluding hydrogens is 264 g/mol. The molecule has 0 saturated carbocycles. The van der Waals surface area contributed by atoms with E-state index in [2.05, 4.69) is 15.5 Å². The van der Waals surface area contributed by atoms with E-state index in [-0.39, 0.29) is 11.9 Å². The van der Waals surface area contributed by atoms with Crippen molar-refractivity contribution >= 4 is 17.5 Å². The molecule has 2 rings (SSSR count). The average Bonchev–Trinajstić information content (AvgIpc) is 2.85. The first kappa shape index (κ1) is 13.5. The fourth-order valence-electron chi connectivity index (χ4n) is 1.82. The standard InChI is InChI=1S/C13H15ClN4O/c1-9(12-17-15-8-18(12)2)16-13(19)11-5-3-4-10(6-11)7-14/h3-6,8-9H,7H2,1-2H3,(H,16,19). The van der Waals surface area contributed by atoms with Crippen LogP contribution in [0.25, 0.3) is 0 Å². The lowest BCUT2D eigenvalue weighted by molar-refractivity contribution is 0.0937. The molecule has 1 N–H and O–H groups in total. The van der Waals surface area contributed by atoms with Gasteiger partial charge in [-0.25, -0.2) is 0 Å². The Morgan fingerprint density at radius 1 is 1.53 bits per heavy atom. The van der Waals surface area contributed by atoms with Crippen LogP contribution in [0.4, 0.5) is 0 Å². The van der Waals surface area contributed by atoms with E-state index in [4.69, 9.17) is 11.6 Å². The first-order valence-electron chi connectivity index (χ1n) is 5.91. The minimum Gasteiger partial charge on any atom is -0.342 e. The number of carbonyl (C=O) groups excluding carboxylic acids is 1. The second kappa shape index (κ2) is 5.84. The maximum atomic E-state index is 12.1. The van der Waals surface area contributed by atoms with Crippen molar-refractivity contribution in [2.24, 2.45) is 7.05 Å². The molecule has 0 saturated heterocycles. The summed E-state index contributed by atoms with van der Waals surface area (Å²) in [5, 5.41) is 10.7. The van der Waals surface area contributed by atoms with Crippen molar-refractivity contribution < 1.29 is 4.79 Å². The summed E-state index contributed by atoms with van der Waals surface area (Å²) in [6.07, 6.45) is 1.60. The van der Waals surface area contributed by atoms with Crippen LogP contribution in [0, 0.1) is 0 Å². The van der Waals surface area contributed by atoms with Gasteiger partial charge >= 0.3 is 0 Å². The third-order valence-corrected chi connectivity index (χ3v) is 3.13. The van der Waals surface area contributed by atoms with Crippen LogP contribution < -0.4 is 5.32 Å². The lowest BCUT2D eigenvalue weighted by atomic mass is 10.1. The van der Waals surface area contributed by atoms with E-state index < -0.39 is 0 Å². The highest BCUT2D eigenvalue weighted by atomic mass is 35.5. The van der Waals surface area contributed by atoms with Gasteiger partial charge in [0.15, 0.2) is 5.82 Å². The molecule has 19 heavy (non-hydrogen) atoms. The molecule has 0 aliphatic heterocycles. The Balaban J connectivity index is 2.10. The molecule has 0 fully saturated rings. The number of hydrogen-bond donors (Lipinski definition) is 1. The van der Waals surface area contributed by atoms with Gasteiger partial charge in [0.05, 0.1) is 6.04 Å². The van der Waals surface area contributed by atoms with Crippen LogP contribution in [-0.4, -0.2) is 20.7 Å². The highest BCUT2D eigenvalue weighted by molar-refractivity contribution is 6.17. The summed E-state index contributed by atoms with van der Waals surface area (Å²) in [6.45, 7) is 1.87. The van der Waals surface area contributed by atoms with E-state index in [0.29, 0.717) is 17.3 Å². The number of hydrogen-bond acceptors (Lipinski definition) is 3. The molecular formula is C13H15ClN4O. The Hall–Kier alpha value is -1.88. The Labute approximate surface area is 116 Å².